The molecular formula is C14H24O4S2. The first-order valence-corrected chi connectivity index (χ1v) is 9.37. The van der Waals surface area contributed by atoms with Crippen LogP contribution in [0.4, 0.5) is 0 Å². The first-order chi connectivity index (χ1) is 9.36. The summed E-state index contributed by atoms with van der Waals surface area (Å²) in [7, 11) is 0. The Balaban J connectivity index is 1.73. The summed E-state index contributed by atoms with van der Waals surface area (Å²) in [4.78, 5) is 0. The van der Waals surface area contributed by atoms with Crippen molar-refractivity contribution in [3.63, 3.8) is 0 Å². The van der Waals surface area contributed by atoms with Crippen LogP contribution in [-0.4, -0.2) is 52.6 Å². The standard InChI is InChI=1S/C14H24O4S2/c1-13(2)15-8-9(16-13)10-11(18-14(3,4)17-10)12-19-6-5-7-20-12/h9-12H,5-8H2,1-4H3/t9-,10+,11+/m1/s1. The number of hydrogen-bond acceptors (Lipinski definition) is 6. The van der Waals surface area contributed by atoms with E-state index in [9.17, 15) is 0 Å². The third-order valence-corrected chi connectivity index (χ3v) is 6.74. The molecule has 20 heavy (non-hydrogen) atoms. The summed E-state index contributed by atoms with van der Waals surface area (Å²) in [6.45, 7) is 8.45. The fraction of sp³-hybridized carbons (Fsp3) is 1.00. The minimum Gasteiger partial charge on any atom is -0.348 e. The van der Waals surface area contributed by atoms with Crippen molar-refractivity contribution < 1.29 is 18.9 Å². The lowest BCUT2D eigenvalue weighted by Crippen LogP contribution is -2.42. The highest BCUT2D eigenvalue weighted by molar-refractivity contribution is 8.17. The van der Waals surface area contributed by atoms with Gasteiger partial charge in [0, 0.05) is 0 Å². The Morgan fingerprint density at radius 3 is 2.10 bits per heavy atom. The molecule has 0 aliphatic carbocycles. The van der Waals surface area contributed by atoms with E-state index in [1.165, 1.54) is 17.9 Å². The summed E-state index contributed by atoms with van der Waals surface area (Å²) in [5.74, 6) is 1.36. The van der Waals surface area contributed by atoms with Crippen LogP contribution in [0.25, 0.3) is 0 Å². The van der Waals surface area contributed by atoms with Gasteiger partial charge in [-0.05, 0) is 45.6 Å². The van der Waals surface area contributed by atoms with E-state index in [0.29, 0.717) is 11.2 Å². The van der Waals surface area contributed by atoms with E-state index < -0.39 is 11.6 Å². The first-order valence-electron chi connectivity index (χ1n) is 7.27. The van der Waals surface area contributed by atoms with Crippen LogP contribution in [0.3, 0.4) is 0 Å². The van der Waals surface area contributed by atoms with Crippen LogP contribution in [0, 0.1) is 0 Å². The highest BCUT2D eigenvalue weighted by Crippen LogP contribution is 2.44. The van der Waals surface area contributed by atoms with E-state index in [4.69, 9.17) is 18.9 Å². The lowest BCUT2D eigenvalue weighted by atomic mass is 10.1. The topological polar surface area (TPSA) is 36.9 Å². The van der Waals surface area contributed by atoms with Crippen molar-refractivity contribution >= 4 is 23.5 Å². The number of hydrogen-bond donors (Lipinski definition) is 0. The molecule has 3 heterocycles. The molecule has 116 valence electrons. The molecule has 0 aromatic rings. The molecule has 0 amide bonds. The van der Waals surface area contributed by atoms with Crippen LogP contribution in [0.2, 0.25) is 0 Å². The van der Waals surface area contributed by atoms with Gasteiger partial charge >= 0.3 is 0 Å². The quantitative estimate of drug-likeness (QED) is 0.779. The zero-order chi connectivity index (χ0) is 14.4. The zero-order valence-corrected chi connectivity index (χ0v) is 14.2. The molecule has 0 unspecified atom stereocenters. The van der Waals surface area contributed by atoms with Crippen LogP contribution in [0.5, 0.6) is 0 Å². The van der Waals surface area contributed by atoms with Gasteiger partial charge in [0.15, 0.2) is 11.6 Å². The number of thioether (sulfide) groups is 2. The summed E-state index contributed by atoms with van der Waals surface area (Å²) >= 11 is 3.97. The highest BCUT2D eigenvalue weighted by Gasteiger charge is 2.52. The molecule has 0 aromatic heterocycles. The smallest absolute Gasteiger partial charge is 0.163 e. The molecule has 3 saturated heterocycles. The van der Waals surface area contributed by atoms with Crippen molar-refractivity contribution in [1.82, 2.24) is 0 Å². The fourth-order valence-corrected chi connectivity index (χ4v) is 5.92. The van der Waals surface area contributed by atoms with E-state index in [2.05, 4.69) is 0 Å². The lowest BCUT2D eigenvalue weighted by molar-refractivity contribution is -0.174. The molecule has 0 spiro atoms. The SMILES string of the molecule is CC1(C)O[C@@H]([C@H]2COC(C)(C)O2)[C@@H](C2SCCCS2)O1. The molecule has 3 aliphatic rings. The molecular weight excluding hydrogens is 296 g/mol. The molecule has 0 radical (unpaired) electrons. The molecule has 0 N–H and O–H groups in total. The summed E-state index contributed by atoms with van der Waals surface area (Å²) in [5.41, 5.74) is 0. The van der Waals surface area contributed by atoms with E-state index in [1.54, 1.807) is 0 Å². The van der Waals surface area contributed by atoms with Gasteiger partial charge in [-0.3, -0.25) is 0 Å². The maximum absolute atomic E-state index is 6.18. The Kier molecular flexibility index (Phi) is 4.35. The van der Waals surface area contributed by atoms with Crippen molar-refractivity contribution in [2.45, 2.75) is 68.6 Å². The highest BCUT2D eigenvalue weighted by atomic mass is 32.2. The molecule has 3 atom stereocenters. The second-order valence-electron chi connectivity index (χ2n) is 6.40. The van der Waals surface area contributed by atoms with Crippen molar-refractivity contribution in [2.75, 3.05) is 18.1 Å². The summed E-state index contributed by atoms with van der Waals surface area (Å²) in [5, 5.41) is 0. The van der Waals surface area contributed by atoms with E-state index >= 15 is 0 Å². The first kappa shape index (κ1) is 15.4. The van der Waals surface area contributed by atoms with Gasteiger partial charge in [-0.2, -0.15) is 0 Å². The average Bonchev–Trinajstić information content (AvgIpc) is 2.90. The maximum Gasteiger partial charge on any atom is 0.163 e. The number of ether oxygens (including phenoxy) is 4. The predicted octanol–water partition coefficient (Wildman–Crippen LogP) is 2.85. The maximum atomic E-state index is 6.18. The number of rotatable bonds is 2. The van der Waals surface area contributed by atoms with Gasteiger partial charge in [0.05, 0.1) is 11.2 Å². The predicted molar refractivity (Wildman–Crippen MR) is 82.1 cm³/mol. The van der Waals surface area contributed by atoms with Crippen molar-refractivity contribution in [2.24, 2.45) is 0 Å². The van der Waals surface area contributed by atoms with Gasteiger partial charge in [0.2, 0.25) is 0 Å². The summed E-state index contributed by atoms with van der Waals surface area (Å²) < 4.78 is 24.5. The van der Waals surface area contributed by atoms with Crippen LogP contribution >= 0.6 is 23.5 Å². The molecule has 4 nitrogen and oxygen atoms in total. The second kappa shape index (κ2) is 5.63. The third kappa shape index (κ3) is 3.31. The van der Waals surface area contributed by atoms with Gasteiger partial charge in [-0.15, -0.1) is 23.5 Å². The zero-order valence-electron chi connectivity index (χ0n) is 12.6. The monoisotopic (exact) mass is 320 g/mol. The molecule has 6 heteroatoms. The lowest BCUT2D eigenvalue weighted by Gasteiger charge is -2.30. The fourth-order valence-electron chi connectivity index (χ4n) is 2.89. The van der Waals surface area contributed by atoms with Crippen LogP contribution in [0.1, 0.15) is 34.1 Å². The van der Waals surface area contributed by atoms with Crippen molar-refractivity contribution in [3.8, 4) is 0 Å². The molecule has 0 bridgehead atoms. The van der Waals surface area contributed by atoms with E-state index in [-0.39, 0.29) is 18.3 Å². The van der Waals surface area contributed by atoms with Crippen LogP contribution in [-0.2, 0) is 18.9 Å². The van der Waals surface area contributed by atoms with E-state index in [1.807, 2.05) is 51.2 Å². The Labute approximate surface area is 129 Å². The molecule has 0 aromatic carbocycles. The minimum absolute atomic E-state index is 0.0418. The Morgan fingerprint density at radius 1 is 0.850 bits per heavy atom. The van der Waals surface area contributed by atoms with Gasteiger partial charge in [-0.1, -0.05) is 0 Å². The summed E-state index contributed by atoms with van der Waals surface area (Å²) in [6.07, 6.45) is 1.27. The third-order valence-electron chi connectivity index (χ3n) is 3.68. The van der Waals surface area contributed by atoms with Gasteiger partial charge < -0.3 is 18.9 Å². The summed E-state index contributed by atoms with van der Waals surface area (Å²) in [6, 6.07) is 0. The Bertz CT molecular complexity index is 355. The minimum atomic E-state index is -0.538. The van der Waals surface area contributed by atoms with Crippen LogP contribution < -0.4 is 0 Å². The molecule has 3 fully saturated rings. The van der Waals surface area contributed by atoms with Gasteiger partial charge in [0.1, 0.15) is 18.3 Å². The van der Waals surface area contributed by atoms with Gasteiger partial charge in [0.25, 0.3) is 0 Å². The van der Waals surface area contributed by atoms with Crippen LogP contribution in [0.15, 0.2) is 0 Å². The average molecular weight is 320 g/mol. The van der Waals surface area contributed by atoms with Crippen molar-refractivity contribution in [3.05, 3.63) is 0 Å². The Hall–Kier alpha value is 0.540. The molecule has 0 saturated carbocycles. The molecule has 3 rings (SSSR count). The second-order valence-corrected chi connectivity index (χ2v) is 9.19. The largest absolute Gasteiger partial charge is 0.348 e. The van der Waals surface area contributed by atoms with E-state index in [0.717, 1.165) is 0 Å². The van der Waals surface area contributed by atoms with Crippen molar-refractivity contribution in [1.29, 1.82) is 0 Å². The molecule has 3 aliphatic heterocycles. The normalized spacial score (nSPS) is 41.1. The van der Waals surface area contributed by atoms with Gasteiger partial charge in [-0.25, -0.2) is 0 Å². The Morgan fingerprint density at radius 2 is 1.50 bits per heavy atom.